The Morgan fingerprint density at radius 2 is 1.78 bits per heavy atom. The fourth-order valence-corrected chi connectivity index (χ4v) is 3.75. The number of fused-ring (bicyclic) bond motifs is 1. The van der Waals surface area contributed by atoms with Crippen molar-refractivity contribution >= 4 is 28.9 Å². The standard InChI is InChI=1S/C24H21ClF5N5O/c1-14(24(28,29)30)33-22-20(21(25)34-23-32-9-10-35(22)23)19-17(26)12-16(13-18(19)27)36-11-5-8-31-15-6-3-2-4-7-15/h2-4,6-7,9-10,12-14,31,33H,5,8,11H2,1H3/t14-/m1/s1. The molecular weight excluding hydrogens is 505 g/mol. The highest BCUT2D eigenvalue weighted by Gasteiger charge is 2.37. The molecule has 2 N–H and O–H groups in total. The lowest BCUT2D eigenvalue weighted by Gasteiger charge is -2.22. The zero-order valence-electron chi connectivity index (χ0n) is 18.9. The maximum atomic E-state index is 15.2. The van der Waals surface area contributed by atoms with E-state index in [2.05, 4.69) is 20.6 Å². The summed E-state index contributed by atoms with van der Waals surface area (Å²) in [5, 5.41) is 5.03. The Kier molecular flexibility index (Phi) is 7.48. The molecule has 0 aliphatic carbocycles. The summed E-state index contributed by atoms with van der Waals surface area (Å²) in [6.45, 7) is 1.63. The van der Waals surface area contributed by atoms with Crippen LogP contribution in [0.15, 0.2) is 54.9 Å². The zero-order valence-corrected chi connectivity index (χ0v) is 19.7. The van der Waals surface area contributed by atoms with E-state index in [0.717, 1.165) is 29.1 Å². The maximum Gasteiger partial charge on any atom is 0.408 e. The lowest BCUT2D eigenvalue weighted by atomic mass is 10.1. The number of ether oxygens (including phenoxy) is 1. The van der Waals surface area contributed by atoms with Crippen LogP contribution in [0.25, 0.3) is 16.9 Å². The Hall–Kier alpha value is -3.60. The number of halogens is 6. The van der Waals surface area contributed by atoms with Crippen LogP contribution in [0.4, 0.5) is 33.5 Å². The van der Waals surface area contributed by atoms with Gasteiger partial charge in [-0.3, -0.25) is 4.40 Å². The van der Waals surface area contributed by atoms with Gasteiger partial charge < -0.3 is 15.4 Å². The Morgan fingerprint density at radius 1 is 1.08 bits per heavy atom. The van der Waals surface area contributed by atoms with Crippen molar-refractivity contribution < 1.29 is 26.7 Å². The topological polar surface area (TPSA) is 63.5 Å². The Labute approximate surface area is 208 Å². The predicted octanol–water partition coefficient (Wildman–Crippen LogP) is 6.57. The van der Waals surface area contributed by atoms with Crippen molar-refractivity contribution in [2.45, 2.75) is 25.6 Å². The van der Waals surface area contributed by atoms with Crippen molar-refractivity contribution in [1.82, 2.24) is 14.4 Å². The van der Waals surface area contributed by atoms with E-state index in [0.29, 0.717) is 13.0 Å². The number of aromatic nitrogens is 3. The van der Waals surface area contributed by atoms with Crippen molar-refractivity contribution in [2.24, 2.45) is 0 Å². The fourth-order valence-electron chi connectivity index (χ4n) is 3.49. The summed E-state index contributed by atoms with van der Waals surface area (Å²) < 4.78 is 76.8. The van der Waals surface area contributed by atoms with Gasteiger partial charge in [0.2, 0.25) is 5.78 Å². The number of anilines is 2. The minimum absolute atomic E-state index is 0.0366. The van der Waals surface area contributed by atoms with E-state index in [-0.39, 0.29) is 29.5 Å². The molecule has 4 aromatic rings. The first-order valence-corrected chi connectivity index (χ1v) is 11.3. The monoisotopic (exact) mass is 525 g/mol. The number of rotatable bonds is 9. The largest absolute Gasteiger partial charge is 0.493 e. The molecule has 12 heteroatoms. The second-order valence-corrected chi connectivity index (χ2v) is 8.25. The van der Waals surface area contributed by atoms with Gasteiger partial charge in [-0.15, -0.1) is 0 Å². The average molecular weight is 526 g/mol. The molecule has 2 aromatic carbocycles. The van der Waals surface area contributed by atoms with Gasteiger partial charge in [0.05, 0.1) is 17.7 Å². The van der Waals surface area contributed by atoms with Crippen LogP contribution in [-0.4, -0.2) is 39.7 Å². The fraction of sp³-hybridized carbons (Fsp3) is 0.250. The van der Waals surface area contributed by atoms with Gasteiger partial charge in [-0.2, -0.15) is 18.2 Å². The van der Waals surface area contributed by atoms with Gasteiger partial charge in [0.25, 0.3) is 0 Å². The van der Waals surface area contributed by atoms with Crippen molar-refractivity contribution in [1.29, 1.82) is 0 Å². The van der Waals surface area contributed by atoms with Crippen LogP contribution >= 0.6 is 11.6 Å². The van der Waals surface area contributed by atoms with Gasteiger partial charge in [-0.05, 0) is 25.5 Å². The summed E-state index contributed by atoms with van der Waals surface area (Å²) in [6, 6.07) is 9.34. The summed E-state index contributed by atoms with van der Waals surface area (Å²) in [7, 11) is 0. The van der Waals surface area contributed by atoms with Gasteiger partial charge in [0.15, 0.2) is 0 Å². The molecule has 0 radical (unpaired) electrons. The zero-order chi connectivity index (χ0) is 25.9. The second-order valence-electron chi connectivity index (χ2n) is 7.89. The van der Waals surface area contributed by atoms with E-state index in [4.69, 9.17) is 16.3 Å². The molecule has 0 saturated heterocycles. The van der Waals surface area contributed by atoms with Crippen LogP contribution in [-0.2, 0) is 0 Å². The normalized spacial score (nSPS) is 12.5. The highest BCUT2D eigenvalue weighted by molar-refractivity contribution is 6.33. The van der Waals surface area contributed by atoms with Gasteiger partial charge in [0, 0.05) is 36.8 Å². The summed E-state index contributed by atoms with van der Waals surface area (Å²) >= 11 is 6.19. The minimum Gasteiger partial charge on any atom is -0.493 e. The lowest BCUT2D eigenvalue weighted by Crippen LogP contribution is -2.34. The van der Waals surface area contributed by atoms with Crippen LogP contribution in [0, 0.1) is 11.6 Å². The third kappa shape index (κ3) is 5.62. The summed E-state index contributed by atoms with van der Waals surface area (Å²) in [5.74, 6) is -2.55. The summed E-state index contributed by atoms with van der Waals surface area (Å²) in [5.41, 5.74) is -0.0755. The maximum absolute atomic E-state index is 15.2. The summed E-state index contributed by atoms with van der Waals surface area (Å²) in [6.07, 6.45) is -1.49. The average Bonchev–Trinajstić information content (AvgIpc) is 3.28. The third-order valence-corrected chi connectivity index (χ3v) is 5.58. The van der Waals surface area contributed by atoms with Crippen molar-refractivity contribution in [3.8, 4) is 16.9 Å². The number of benzene rings is 2. The molecular formula is C24H21ClF5N5O. The van der Waals surface area contributed by atoms with E-state index < -0.39 is 34.6 Å². The number of alkyl halides is 3. The Bertz CT molecular complexity index is 1320. The number of imidazole rings is 1. The van der Waals surface area contributed by atoms with Gasteiger partial charge >= 0.3 is 6.18 Å². The number of hydrogen-bond acceptors (Lipinski definition) is 5. The van der Waals surface area contributed by atoms with Crippen LogP contribution in [0.1, 0.15) is 13.3 Å². The minimum atomic E-state index is -4.63. The Balaban J connectivity index is 1.58. The van der Waals surface area contributed by atoms with Crippen LogP contribution < -0.4 is 15.4 Å². The molecule has 1 atom stereocenters. The molecule has 0 aliphatic heterocycles. The molecule has 0 bridgehead atoms. The van der Waals surface area contributed by atoms with E-state index in [1.807, 2.05) is 30.3 Å². The number of para-hydroxylation sites is 1. The predicted molar refractivity (Wildman–Crippen MR) is 128 cm³/mol. The molecule has 6 nitrogen and oxygen atoms in total. The summed E-state index contributed by atoms with van der Waals surface area (Å²) in [4.78, 5) is 7.87. The number of nitrogens with zero attached hydrogens (tertiary/aromatic N) is 3. The first kappa shape index (κ1) is 25.5. The van der Waals surface area contributed by atoms with E-state index in [1.165, 1.54) is 12.4 Å². The van der Waals surface area contributed by atoms with Crippen LogP contribution in [0.3, 0.4) is 0 Å². The second kappa shape index (κ2) is 10.6. The molecule has 36 heavy (non-hydrogen) atoms. The van der Waals surface area contributed by atoms with Gasteiger partial charge in [-0.25, -0.2) is 13.8 Å². The quantitative estimate of drug-likeness (QED) is 0.147. The first-order valence-electron chi connectivity index (χ1n) is 10.9. The SMILES string of the molecule is C[C@@H](Nc1c(-c2c(F)cc(OCCCNc3ccccc3)cc2F)c(Cl)nc2nccn12)C(F)(F)F. The molecule has 0 spiro atoms. The Morgan fingerprint density at radius 3 is 2.44 bits per heavy atom. The lowest BCUT2D eigenvalue weighted by molar-refractivity contribution is -0.138. The highest BCUT2D eigenvalue weighted by Crippen LogP contribution is 2.40. The molecule has 0 fully saturated rings. The van der Waals surface area contributed by atoms with Gasteiger partial charge in [0.1, 0.15) is 34.4 Å². The molecule has 0 amide bonds. The molecule has 0 unspecified atom stereocenters. The molecule has 190 valence electrons. The first-order chi connectivity index (χ1) is 17.1. The molecule has 2 aromatic heterocycles. The molecule has 0 aliphatic rings. The third-order valence-electron chi connectivity index (χ3n) is 5.31. The van der Waals surface area contributed by atoms with E-state index in [9.17, 15) is 13.2 Å². The van der Waals surface area contributed by atoms with E-state index in [1.54, 1.807) is 0 Å². The smallest absolute Gasteiger partial charge is 0.408 e. The van der Waals surface area contributed by atoms with Crippen molar-refractivity contribution in [2.75, 3.05) is 23.8 Å². The van der Waals surface area contributed by atoms with Crippen LogP contribution in [0.5, 0.6) is 5.75 Å². The number of nitrogens with one attached hydrogen (secondary N) is 2. The van der Waals surface area contributed by atoms with Crippen molar-refractivity contribution in [3.63, 3.8) is 0 Å². The van der Waals surface area contributed by atoms with E-state index >= 15 is 8.78 Å². The molecule has 4 rings (SSSR count). The number of hydrogen-bond donors (Lipinski definition) is 2. The highest BCUT2D eigenvalue weighted by atomic mass is 35.5. The molecule has 0 saturated carbocycles. The molecule has 2 heterocycles. The van der Waals surface area contributed by atoms with Gasteiger partial charge in [-0.1, -0.05) is 29.8 Å². The van der Waals surface area contributed by atoms with Crippen molar-refractivity contribution in [3.05, 3.63) is 71.6 Å². The van der Waals surface area contributed by atoms with Crippen LogP contribution in [0.2, 0.25) is 5.15 Å².